The highest BCUT2D eigenvalue weighted by molar-refractivity contribution is 9.10. The minimum Gasteiger partial charge on any atom is -0.497 e. The first-order valence-electron chi connectivity index (χ1n) is 6.78. The number of nitrogens with zero attached hydrogens (tertiary/aromatic N) is 1. The second kappa shape index (κ2) is 5.99. The summed E-state index contributed by atoms with van der Waals surface area (Å²) >= 11 is 3.28. The summed E-state index contributed by atoms with van der Waals surface area (Å²) in [5.41, 5.74) is 1.01. The van der Waals surface area contributed by atoms with Gasteiger partial charge in [-0.3, -0.25) is 0 Å². The molecule has 0 atom stereocenters. The molecule has 0 bridgehead atoms. The maximum absolute atomic E-state index is 13.0. The second-order valence-electron chi connectivity index (χ2n) is 4.93. The highest BCUT2D eigenvalue weighted by atomic mass is 79.9. The summed E-state index contributed by atoms with van der Waals surface area (Å²) in [6.45, 7) is -0.262. The molecule has 1 heterocycles. The molecule has 120 valence electrons. The molecule has 0 spiro atoms. The predicted octanol–water partition coefficient (Wildman–Crippen LogP) is 3.14. The minimum atomic E-state index is -3.79. The van der Waals surface area contributed by atoms with Crippen molar-refractivity contribution in [1.29, 1.82) is 0 Å². The Morgan fingerprint density at radius 2 is 1.96 bits per heavy atom. The summed E-state index contributed by atoms with van der Waals surface area (Å²) in [7, 11) is -2.25. The van der Waals surface area contributed by atoms with E-state index in [1.54, 1.807) is 36.4 Å². The van der Waals surface area contributed by atoms with Gasteiger partial charge in [0, 0.05) is 21.6 Å². The Kier molecular flexibility index (Phi) is 4.18. The Hall–Kier alpha value is -1.83. The van der Waals surface area contributed by atoms with Crippen LogP contribution in [-0.2, 0) is 16.6 Å². The maximum atomic E-state index is 13.0. The van der Waals surface area contributed by atoms with Crippen LogP contribution in [0, 0.1) is 0 Å². The monoisotopic (exact) mass is 395 g/mol. The molecule has 3 aromatic rings. The lowest BCUT2D eigenvalue weighted by Crippen LogP contribution is -2.12. The van der Waals surface area contributed by atoms with E-state index in [1.165, 1.54) is 23.3 Å². The average Bonchev–Trinajstić information content (AvgIpc) is 2.93. The Morgan fingerprint density at radius 1 is 1.22 bits per heavy atom. The van der Waals surface area contributed by atoms with Crippen LogP contribution in [0.3, 0.4) is 0 Å². The summed E-state index contributed by atoms with van der Waals surface area (Å²) in [6.07, 6.45) is 1.44. The molecule has 2 aromatic carbocycles. The minimum absolute atomic E-state index is 0.164. The van der Waals surface area contributed by atoms with Crippen molar-refractivity contribution in [3.8, 4) is 5.75 Å². The number of aliphatic hydroxyl groups is 1. The summed E-state index contributed by atoms with van der Waals surface area (Å²) < 4.78 is 32.8. The molecule has 7 heteroatoms. The van der Waals surface area contributed by atoms with Crippen LogP contribution in [0.15, 0.2) is 58.0 Å². The lowest BCUT2D eigenvalue weighted by molar-refractivity contribution is 0.283. The van der Waals surface area contributed by atoms with Crippen LogP contribution < -0.4 is 4.74 Å². The molecule has 5 nitrogen and oxygen atoms in total. The van der Waals surface area contributed by atoms with E-state index in [0.29, 0.717) is 26.7 Å². The third-order valence-corrected chi connectivity index (χ3v) is 6.29. The summed E-state index contributed by atoms with van der Waals surface area (Å²) in [4.78, 5) is 0.164. The van der Waals surface area contributed by atoms with E-state index in [2.05, 4.69) is 15.9 Å². The van der Waals surface area contributed by atoms with Crippen LogP contribution in [0.5, 0.6) is 5.75 Å². The summed E-state index contributed by atoms with van der Waals surface area (Å²) in [5, 5.41) is 10.2. The largest absolute Gasteiger partial charge is 0.497 e. The number of methoxy groups -OCH3 is 1. The number of hydrogen-bond acceptors (Lipinski definition) is 4. The fourth-order valence-corrected chi connectivity index (χ4v) is 4.82. The van der Waals surface area contributed by atoms with Gasteiger partial charge in [0.15, 0.2) is 0 Å². The van der Waals surface area contributed by atoms with Gasteiger partial charge in [0.25, 0.3) is 10.0 Å². The molecule has 0 aliphatic rings. The zero-order valence-corrected chi connectivity index (χ0v) is 14.6. The number of ether oxygens (including phenoxy) is 1. The molecule has 0 unspecified atom stereocenters. The average molecular weight is 396 g/mol. The molecule has 0 amide bonds. The van der Waals surface area contributed by atoms with E-state index in [4.69, 9.17) is 4.74 Å². The van der Waals surface area contributed by atoms with E-state index in [9.17, 15) is 13.5 Å². The third kappa shape index (κ3) is 2.65. The van der Waals surface area contributed by atoms with Crippen LogP contribution in [0.4, 0.5) is 0 Å². The third-order valence-electron chi connectivity index (χ3n) is 3.60. The van der Waals surface area contributed by atoms with Crippen molar-refractivity contribution in [1.82, 2.24) is 3.97 Å². The highest BCUT2D eigenvalue weighted by Crippen LogP contribution is 2.31. The van der Waals surface area contributed by atoms with E-state index in [0.717, 1.165) is 0 Å². The Morgan fingerprint density at radius 3 is 2.61 bits per heavy atom. The van der Waals surface area contributed by atoms with Gasteiger partial charge in [0.1, 0.15) is 10.6 Å². The Bertz CT molecular complexity index is 979. The van der Waals surface area contributed by atoms with Crippen molar-refractivity contribution < 1.29 is 18.3 Å². The van der Waals surface area contributed by atoms with Crippen molar-refractivity contribution in [2.24, 2.45) is 0 Å². The number of benzene rings is 2. The fourth-order valence-electron chi connectivity index (χ4n) is 2.46. The number of aliphatic hydroxyl groups excluding tert-OH is 1. The van der Waals surface area contributed by atoms with Gasteiger partial charge in [0.2, 0.25) is 0 Å². The molecule has 0 fully saturated rings. The molecular formula is C16H14BrNO4S. The van der Waals surface area contributed by atoms with E-state index < -0.39 is 10.0 Å². The van der Waals surface area contributed by atoms with Gasteiger partial charge in [-0.1, -0.05) is 12.1 Å². The van der Waals surface area contributed by atoms with Gasteiger partial charge in [-0.25, -0.2) is 12.4 Å². The molecule has 0 aliphatic carbocycles. The topological polar surface area (TPSA) is 68.5 Å². The van der Waals surface area contributed by atoms with E-state index in [1.807, 2.05) is 0 Å². The molecular weight excluding hydrogens is 382 g/mol. The van der Waals surface area contributed by atoms with E-state index in [-0.39, 0.29) is 11.5 Å². The van der Waals surface area contributed by atoms with Crippen molar-refractivity contribution in [3.63, 3.8) is 0 Å². The summed E-state index contributed by atoms with van der Waals surface area (Å²) in [6, 6.07) is 11.7. The van der Waals surface area contributed by atoms with Crippen LogP contribution in [0.1, 0.15) is 5.56 Å². The predicted molar refractivity (Wildman–Crippen MR) is 91.1 cm³/mol. The molecule has 1 aromatic heterocycles. The van der Waals surface area contributed by atoms with Crippen LogP contribution in [-0.4, -0.2) is 24.6 Å². The van der Waals surface area contributed by atoms with Crippen LogP contribution in [0.25, 0.3) is 10.9 Å². The molecule has 0 aliphatic heterocycles. The molecule has 0 radical (unpaired) electrons. The highest BCUT2D eigenvalue weighted by Gasteiger charge is 2.23. The first-order valence-corrected chi connectivity index (χ1v) is 9.01. The van der Waals surface area contributed by atoms with Crippen molar-refractivity contribution in [3.05, 3.63) is 58.7 Å². The van der Waals surface area contributed by atoms with Crippen molar-refractivity contribution in [2.75, 3.05) is 7.11 Å². The first-order chi connectivity index (χ1) is 11.0. The Labute approximate surface area is 142 Å². The van der Waals surface area contributed by atoms with Gasteiger partial charge >= 0.3 is 0 Å². The van der Waals surface area contributed by atoms with Gasteiger partial charge < -0.3 is 9.84 Å². The number of fused-ring (bicyclic) bond motifs is 1. The van der Waals surface area contributed by atoms with Crippen LogP contribution in [0.2, 0.25) is 0 Å². The van der Waals surface area contributed by atoms with Crippen molar-refractivity contribution in [2.45, 2.75) is 11.5 Å². The molecule has 1 N–H and O–H groups in total. The Balaban J connectivity index is 2.30. The van der Waals surface area contributed by atoms with Gasteiger partial charge in [-0.05, 0) is 46.3 Å². The maximum Gasteiger partial charge on any atom is 0.269 e. The fraction of sp³-hybridized carbons (Fsp3) is 0.125. The molecule has 0 saturated carbocycles. The standard InChI is InChI=1S/C16H14BrNO4S/c1-22-12-6-7-15-13(8-12)11(10-19)9-18(15)23(20,21)16-5-3-2-4-14(16)17/h2-9,19H,10H2,1H3. The lowest BCUT2D eigenvalue weighted by Gasteiger charge is -2.09. The number of rotatable bonds is 4. The van der Waals surface area contributed by atoms with Gasteiger partial charge in [0.05, 0.1) is 19.2 Å². The number of hydrogen-bond donors (Lipinski definition) is 1. The normalized spacial score (nSPS) is 11.8. The van der Waals surface area contributed by atoms with Gasteiger partial charge in [-0.15, -0.1) is 0 Å². The summed E-state index contributed by atoms with van der Waals surface area (Å²) in [5.74, 6) is 0.600. The van der Waals surface area contributed by atoms with E-state index >= 15 is 0 Å². The molecule has 23 heavy (non-hydrogen) atoms. The van der Waals surface area contributed by atoms with Gasteiger partial charge in [-0.2, -0.15) is 0 Å². The molecule has 3 rings (SSSR count). The number of halogens is 1. The SMILES string of the molecule is COc1ccc2c(c1)c(CO)cn2S(=O)(=O)c1ccccc1Br. The van der Waals surface area contributed by atoms with Crippen molar-refractivity contribution >= 4 is 36.9 Å². The first kappa shape index (κ1) is 16.0. The number of aromatic nitrogens is 1. The van der Waals surface area contributed by atoms with Crippen LogP contribution >= 0.6 is 15.9 Å². The zero-order valence-electron chi connectivity index (χ0n) is 12.2. The smallest absolute Gasteiger partial charge is 0.269 e. The lowest BCUT2D eigenvalue weighted by atomic mass is 10.2. The zero-order chi connectivity index (χ0) is 16.6. The second-order valence-corrected chi connectivity index (χ2v) is 7.56. The quantitative estimate of drug-likeness (QED) is 0.736. The molecule has 0 saturated heterocycles.